The molecule has 5 heteroatoms. The quantitative estimate of drug-likeness (QED) is 0.853. The van der Waals surface area contributed by atoms with Crippen molar-refractivity contribution in [1.82, 2.24) is 10.2 Å². The molecule has 2 rings (SSSR count). The Bertz CT molecular complexity index is 266. The van der Waals surface area contributed by atoms with Crippen molar-refractivity contribution < 1.29 is 13.2 Å². The van der Waals surface area contributed by atoms with Crippen molar-refractivity contribution >= 4 is 0 Å². The first-order valence-electron chi connectivity index (χ1n) is 7.49. The molecule has 0 radical (unpaired) electrons. The summed E-state index contributed by atoms with van der Waals surface area (Å²) in [6.45, 7) is 3.18. The maximum absolute atomic E-state index is 12.8. The van der Waals surface area contributed by atoms with Crippen molar-refractivity contribution in [1.29, 1.82) is 0 Å². The van der Waals surface area contributed by atoms with E-state index in [9.17, 15) is 13.2 Å². The second-order valence-electron chi connectivity index (χ2n) is 6.18. The minimum Gasteiger partial charge on any atom is -0.317 e. The normalized spacial score (nSPS) is 30.8. The van der Waals surface area contributed by atoms with Crippen LogP contribution in [-0.2, 0) is 0 Å². The number of nitrogens with one attached hydrogen (secondary N) is 1. The number of halogens is 3. The zero-order chi connectivity index (χ0) is 13.9. The maximum Gasteiger partial charge on any atom is 0.401 e. The van der Waals surface area contributed by atoms with Crippen LogP contribution in [0.15, 0.2) is 0 Å². The average Bonchev–Trinajstić information content (AvgIpc) is 2.37. The first-order chi connectivity index (χ1) is 8.96. The topological polar surface area (TPSA) is 15.3 Å². The molecule has 2 aliphatic rings. The van der Waals surface area contributed by atoms with E-state index < -0.39 is 12.7 Å². The van der Waals surface area contributed by atoms with Crippen LogP contribution in [0.1, 0.15) is 45.4 Å². The molecule has 2 nitrogen and oxygen atoms in total. The molecule has 19 heavy (non-hydrogen) atoms. The Morgan fingerprint density at radius 2 is 1.47 bits per heavy atom. The van der Waals surface area contributed by atoms with Gasteiger partial charge in [-0.25, -0.2) is 0 Å². The Morgan fingerprint density at radius 1 is 0.947 bits per heavy atom. The van der Waals surface area contributed by atoms with E-state index in [1.165, 1.54) is 0 Å². The average molecular weight is 278 g/mol. The highest BCUT2D eigenvalue weighted by atomic mass is 19.4. The molecule has 112 valence electrons. The molecular formula is C14H25F3N2. The Hall–Kier alpha value is -0.290. The summed E-state index contributed by atoms with van der Waals surface area (Å²) in [6.07, 6.45) is 1.63. The number of nitrogens with zero attached hydrogens (tertiary/aromatic N) is 1. The molecule has 0 atom stereocenters. The lowest BCUT2D eigenvalue weighted by Crippen LogP contribution is -2.52. The van der Waals surface area contributed by atoms with Gasteiger partial charge in [0.25, 0.3) is 0 Å². The van der Waals surface area contributed by atoms with Crippen LogP contribution in [0.25, 0.3) is 0 Å². The van der Waals surface area contributed by atoms with Crippen molar-refractivity contribution in [3.05, 3.63) is 0 Å². The van der Waals surface area contributed by atoms with Crippen LogP contribution in [0.3, 0.4) is 0 Å². The van der Waals surface area contributed by atoms with E-state index in [4.69, 9.17) is 0 Å². The summed E-state index contributed by atoms with van der Waals surface area (Å²) < 4.78 is 38.5. The summed E-state index contributed by atoms with van der Waals surface area (Å²) >= 11 is 0. The molecule has 0 aromatic heterocycles. The van der Waals surface area contributed by atoms with E-state index in [0.29, 0.717) is 5.92 Å². The van der Waals surface area contributed by atoms with Gasteiger partial charge in [0.1, 0.15) is 0 Å². The van der Waals surface area contributed by atoms with E-state index in [0.717, 1.165) is 51.6 Å². The minimum atomic E-state index is -4.08. The molecule has 1 saturated carbocycles. The van der Waals surface area contributed by atoms with Gasteiger partial charge in [-0.05, 0) is 57.5 Å². The highest BCUT2D eigenvalue weighted by Gasteiger charge is 2.38. The fourth-order valence-electron chi connectivity index (χ4n) is 3.48. The van der Waals surface area contributed by atoms with Gasteiger partial charge in [0, 0.05) is 12.1 Å². The van der Waals surface area contributed by atoms with Gasteiger partial charge in [-0.1, -0.05) is 6.92 Å². The van der Waals surface area contributed by atoms with Crippen molar-refractivity contribution in [2.24, 2.45) is 5.92 Å². The summed E-state index contributed by atoms with van der Waals surface area (Å²) in [5.41, 5.74) is 0. The van der Waals surface area contributed by atoms with Gasteiger partial charge in [0.2, 0.25) is 0 Å². The van der Waals surface area contributed by atoms with Crippen molar-refractivity contribution in [2.75, 3.05) is 19.6 Å². The molecule has 1 saturated heterocycles. The van der Waals surface area contributed by atoms with E-state index >= 15 is 0 Å². The molecular weight excluding hydrogens is 253 g/mol. The summed E-state index contributed by atoms with van der Waals surface area (Å²) in [5.74, 6) is 0.678. The van der Waals surface area contributed by atoms with Gasteiger partial charge in [0.05, 0.1) is 6.54 Å². The predicted octanol–water partition coefficient (Wildman–Crippen LogP) is 3.18. The Balaban J connectivity index is 2.00. The Kier molecular flexibility index (Phi) is 5.12. The number of alkyl halides is 3. The van der Waals surface area contributed by atoms with Crippen molar-refractivity contribution in [3.8, 4) is 0 Å². The van der Waals surface area contributed by atoms with Gasteiger partial charge in [-0.2, -0.15) is 13.2 Å². The molecule has 0 aromatic rings. The maximum atomic E-state index is 12.8. The second kappa shape index (κ2) is 6.44. The fourth-order valence-corrected chi connectivity index (χ4v) is 3.48. The zero-order valence-electron chi connectivity index (χ0n) is 11.7. The third-order valence-corrected chi connectivity index (χ3v) is 4.59. The lowest BCUT2D eigenvalue weighted by molar-refractivity contribution is -0.160. The first kappa shape index (κ1) is 15.1. The highest BCUT2D eigenvalue weighted by molar-refractivity contribution is 4.87. The van der Waals surface area contributed by atoms with Gasteiger partial charge in [-0.3, -0.25) is 4.90 Å². The largest absolute Gasteiger partial charge is 0.401 e. The second-order valence-corrected chi connectivity index (χ2v) is 6.18. The smallest absolute Gasteiger partial charge is 0.317 e. The van der Waals surface area contributed by atoms with Gasteiger partial charge < -0.3 is 5.32 Å². The lowest BCUT2D eigenvalue weighted by Gasteiger charge is -2.42. The van der Waals surface area contributed by atoms with Crippen LogP contribution in [0, 0.1) is 5.92 Å². The van der Waals surface area contributed by atoms with Crippen LogP contribution < -0.4 is 5.32 Å². The van der Waals surface area contributed by atoms with E-state index in [1.807, 2.05) is 0 Å². The molecule has 0 amide bonds. The van der Waals surface area contributed by atoms with Crippen molar-refractivity contribution in [3.63, 3.8) is 0 Å². The van der Waals surface area contributed by atoms with E-state index in [-0.39, 0.29) is 12.1 Å². The van der Waals surface area contributed by atoms with Crippen molar-refractivity contribution in [2.45, 2.75) is 63.7 Å². The lowest BCUT2D eigenvalue weighted by atomic mass is 9.85. The van der Waals surface area contributed by atoms with Gasteiger partial charge in [0.15, 0.2) is 0 Å². The molecule has 0 unspecified atom stereocenters. The molecule has 1 aliphatic heterocycles. The Labute approximate surface area is 113 Å². The molecule has 0 aromatic carbocycles. The summed E-state index contributed by atoms with van der Waals surface area (Å²) in [7, 11) is 0. The molecule has 1 aliphatic carbocycles. The SMILES string of the molecule is CC1CCC(N(CC(F)(F)F)C2CCNCC2)CC1. The number of hydrogen-bond acceptors (Lipinski definition) is 2. The summed E-state index contributed by atoms with van der Waals surface area (Å²) in [4.78, 5) is 1.77. The third-order valence-electron chi connectivity index (χ3n) is 4.59. The molecule has 1 heterocycles. The fraction of sp³-hybridized carbons (Fsp3) is 1.00. The van der Waals surface area contributed by atoms with Crippen LogP contribution in [0.5, 0.6) is 0 Å². The number of hydrogen-bond donors (Lipinski definition) is 1. The van der Waals surface area contributed by atoms with Crippen LogP contribution in [0.2, 0.25) is 0 Å². The highest BCUT2D eigenvalue weighted by Crippen LogP contribution is 2.32. The standard InChI is InChI=1S/C14H25F3N2/c1-11-2-4-12(5-3-11)19(10-14(15,16)17)13-6-8-18-9-7-13/h11-13,18H,2-10H2,1H3. The summed E-state index contributed by atoms with van der Waals surface area (Å²) in [5, 5.41) is 3.23. The number of rotatable bonds is 3. The minimum absolute atomic E-state index is 0.112. The first-order valence-corrected chi connectivity index (χ1v) is 7.49. The monoisotopic (exact) mass is 278 g/mol. The van der Waals surface area contributed by atoms with Crippen LogP contribution >= 0.6 is 0 Å². The molecule has 0 bridgehead atoms. The Morgan fingerprint density at radius 3 is 2.00 bits per heavy atom. The number of piperidine rings is 1. The van der Waals surface area contributed by atoms with E-state index in [2.05, 4.69) is 12.2 Å². The molecule has 2 fully saturated rings. The zero-order valence-corrected chi connectivity index (χ0v) is 11.7. The molecule has 0 spiro atoms. The van der Waals surface area contributed by atoms with Gasteiger partial charge in [-0.15, -0.1) is 0 Å². The third kappa shape index (κ3) is 4.63. The predicted molar refractivity (Wildman–Crippen MR) is 70.1 cm³/mol. The van der Waals surface area contributed by atoms with Crippen LogP contribution in [-0.4, -0.2) is 42.8 Å². The van der Waals surface area contributed by atoms with Gasteiger partial charge >= 0.3 is 6.18 Å². The summed E-state index contributed by atoms with van der Waals surface area (Å²) in [6, 6.07) is 0.252. The van der Waals surface area contributed by atoms with E-state index in [1.54, 1.807) is 4.90 Å². The molecule has 1 N–H and O–H groups in total. The van der Waals surface area contributed by atoms with Crippen LogP contribution in [0.4, 0.5) is 13.2 Å².